The molecule has 0 saturated carbocycles. The number of benzene rings is 2. The van der Waals surface area contributed by atoms with Gasteiger partial charge in [-0.15, -0.1) is 0 Å². The molecule has 2 aromatic carbocycles. The van der Waals surface area contributed by atoms with Crippen LogP contribution in [0.15, 0.2) is 67.0 Å². The lowest BCUT2D eigenvalue weighted by molar-refractivity contribution is 0.0952. The number of fused-ring (bicyclic) bond motifs is 1. The lowest BCUT2D eigenvalue weighted by atomic mass is 10.1. The summed E-state index contributed by atoms with van der Waals surface area (Å²) in [6.45, 7) is 2.20. The van der Waals surface area contributed by atoms with Crippen LogP contribution in [-0.4, -0.2) is 25.8 Å². The number of amides is 1. The third kappa shape index (κ3) is 3.37. The molecule has 2 aromatic heterocycles. The fourth-order valence-electron chi connectivity index (χ4n) is 3.10. The van der Waals surface area contributed by atoms with E-state index in [2.05, 4.69) is 15.4 Å². The Morgan fingerprint density at radius 1 is 1.15 bits per heavy atom. The average Bonchev–Trinajstić information content (AvgIpc) is 3.20. The number of aryl methyl sites for hydroxylation is 1. The Labute approximate surface area is 156 Å². The van der Waals surface area contributed by atoms with Crippen molar-refractivity contribution < 1.29 is 9.90 Å². The second-order valence-electron chi connectivity index (χ2n) is 6.27. The van der Waals surface area contributed by atoms with E-state index in [1.165, 1.54) is 0 Å². The van der Waals surface area contributed by atoms with Gasteiger partial charge in [-0.2, -0.15) is 5.10 Å². The first-order chi connectivity index (χ1) is 13.1. The van der Waals surface area contributed by atoms with E-state index in [1.807, 2.05) is 43.5 Å². The number of phenolic OH excluding ortho intramolecular Hbond substituents is 1. The molecule has 0 aliphatic carbocycles. The van der Waals surface area contributed by atoms with Gasteiger partial charge in [-0.3, -0.25) is 9.78 Å². The van der Waals surface area contributed by atoms with Crippen LogP contribution in [0.2, 0.25) is 0 Å². The Morgan fingerprint density at radius 3 is 2.81 bits per heavy atom. The summed E-state index contributed by atoms with van der Waals surface area (Å²) in [5.41, 5.74) is 3.78. The molecule has 0 aliphatic heterocycles. The number of carbonyl (C=O) groups is 1. The first-order valence-corrected chi connectivity index (χ1v) is 8.58. The summed E-state index contributed by atoms with van der Waals surface area (Å²) in [4.78, 5) is 17.3. The lowest BCUT2D eigenvalue weighted by Gasteiger charge is -2.12. The fourth-order valence-corrected chi connectivity index (χ4v) is 3.10. The van der Waals surface area contributed by atoms with Crippen LogP contribution in [0.3, 0.4) is 0 Å². The molecule has 6 heteroatoms. The number of nitrogens with one attached hydrogen (secondary N) is 1. The van der Waals surface area contributed by atoms with Gasteiger partial charge in [-0.05, 0) is 48.9 Å². The van der Waals surface area contributed by atoms with Gasteiger partial charge in [0.1, 0.15) is 5.75 Å². The van der Waals surface area contributed by atoms with Crippen molar-refractivity contribution in [1.29, 1.82) is 0 Å². The summed E-state index contributed by atoms with van der Waals surface area (Å²) in [5, 5.41) is 17.6. The number of hydrogen-bond acceptors (Lipinski definition) is 4. The Balaban J connectivity index is 1.63. The zero-order valence-electron chi connectivity index (χ0n) is 14.8. The Bertz CT molecular complexity index is 1120. The molecule has 27 heavy (non-hydrogen) atoms. The summed E-state index contributed by atoms with van der Waals surface area (Å²) in [6.07, 6.45) is 3.58. The lowest BCUT2D eigenvalue weighted by Crippen LogP contribution is -2.24. The summed E-state index contributed by atoms with van der Waals surface area (Å²) in [6, 6.07) is 16.2. The van der Waals surface area contributed by atoms with Crippen molar-refractivity contribution in [3.8, 4) is 11.4 Å². The number of rotatable bonds is 4. The third-order valence-corrected chi connectivity index (χ3v) is 4.35. The van der Waals surface area contributed by atoms with Crippen LogP contribution in [0.5, 0.6) is 5.75 Å². The predicted molar refractivity (Wildman–Crippen MR) is 103 cm³/mol. The molecule has 1 amide bonds. The Kier molecular flexibility index (Phi) is 4.30. The van der Waals surface area contributed by atoms with Crippen molar-refractivity contribution in [2.24, 2.45) is 0 Å². The zero-order chi connectivity index (χ0) is 18.8. The molecule has 6 nitrogen and oxygen atoms in total. The van der Waals surface area contributed by atoms with Gasteiger partial charge in [-0.25, -0.2) is 4.68 Å². The van der Waals surface area contributed by atoms with Crippen LogP contribution < -0.4 is 5.32 Å². The van der Waals surface area contributed by atoms with Gasteiger partial charge in [-0.1, -0.05) is 18.2 Å². The first-order valence-electron chi connectivity index (χ1n) is 8.58. The predicted octanol–water partition coefficient (Wildman–Crippen LogP) is 3.36. The van der Waals surface area contributed by atoms with Gasteiger partial charge in [0, 0.05) is 30.0 Å². The molecule has 0 unspecified atom stereocenters. The topological polar surface area (TPSA) is 80.0 Å². The average molecular weight is 358 g/mol. The van der Waals surface area contributed by atoms with Gasteiger partial charge in [0.25, 0.3) is 5.91 Å². The van der Waals surface area contributed by atoms with E-state index in [4.69, 9.17) is 0 Å². The molecule has 0 aliphatic rings. The number of carbonyl (C=O) groups excluding carboxylic acids is 1. The molecule has 4 rings (SSSR count). The standard InChI is InChI=1S/C21H18N4O2/c1-14-11-18(17-12-16(26)7-8-19(17)24-14)21(27)22-13-15-5-2-3-6-20(15)25-10-4-9-23-25/h2-12,26H,13H2,1H3,(H,22,27). The van der Waals surface area contributed by atoms with Crippen molar-refractivity contribution in [1.82, 2.24) is 20.1 Å². The summed E-state index contributed by atoms with van der Waals surface area (Å²) in [7, 11) is 0. The van der Waals surface area contributed by atoms with Crippen LogP contribution in [0.4, 0.5) is 0 Å². The highest BCUT2D eigenvalue weighted by Crippen LogP contribution is 2.23. The molecular formula is C21H18N4O2. The van der Waals surface area contributed by atoms with E-state index < -0.39 is 0 Å². The molecule has 2 heterocycles. The summed E-state index contributed by atoms with van der Waals surface area (Å²) >= 11 is 0. The normalized spacial score (nSPS) is 10.9. The van der Waals surface area contributed by atoms with E-state index in [0.29, 0.717) is 23.0 Å². The van der Waals surface area contributed by atoms with E-state index in [-0.39, 0.29) is 11.7 Å². The molecule has 0 bridgehead atoms. The quantitative estimate of drug-likeness (QED) is 0.586. The maximum absolute atomic E-state index is 12.9. The molecule has 0 radical (unpaired) electrons. The second-order valence-corrected chi connectivity index (χ2v) is 6.27. The van der Waals surface area contributed by atoms with Crippen molar-refractivity contribution in [3.63, 3.8) is 0 Å². The van der Waals surface area contributed by atoms with Crippen LogP contribution in [-0.2, 0) is 6.54 Å². The van der Waals surface area contributed by atoms with Gasteiger partial charge < -0.3 is 10.4 Å². The first kappa shape index (κ1) is 16.8. The molecule has 4 aromatic rings. The molecular weight excluding hydrogens is 340 g/mol. The van der Waals surface area contributed by atoms with E-state index >= 15 is 0 Å². The van der Waals surface area contributed by atoms with E-state index in [9.17, 15) is 9.90 Å². The smallest absolute Gasteiger partial charge is 0.252 e. The molecule has 0 saturated heterocycles. The number of phenols is 1. The van der Waals surface area contributed by atoms with Gasteiger partial charge in [0.2, 0.25) is 0 Å². The van der Waals surface area contributed by atoms with E-state index in [0.717, 1.165) is 16.9 Å². The monoisotopic (exact) mass is 358 g/mol. The minimum absolute atomic E-state index is 0.103. The molecule has 0 fully saturated rings. The fraction of sp³-hybridized carbons (Fsp3) is 0.0952. The number of para-hydroxylation sites is 1. The minimum Gasteiger partial charge on any atom is -0.508 e. The van der Waals surface area contributed by atoms with Crippen LogP contribution in [0, 0.1) is 6.92 Å². The largest absolute Gasteiger partial charge is 0.508 e. The van der Waals surface area contributed by atoms with Crippen LogP contribution >= 0.6 is 0 Å². The number of aromatic hydroxyl groups is 1. The Hall–Kier alpha value is -3.67. The molecule has 2 N–H and O–H groups in total. The van der Waals surface area contributed by atoms with Crippen molar-refractivity contribution >= 4 is 16.8 Å². The molecule has 134 valence electrons. The zero-order valence-corrected chi connectivity index (χ0v) is 14.8. The molecule has 0 spiro atoms. The number of pyridine rings is 1. The maximum atomic E-state index is 12.9. The highest BCUT2D eigenvalue weighted by Gasteiger charge is 2.13. The minimum atomic E-state index is -0.216. The van der Waals surface area contributed by atoms with Crippen LogP contribution in [0.25, 0.3) is 16.6 Å². The van der Waals surface area contributed by atoms with Crippen LogP contribution in [0.1, 0.15) is 21.6 Å². The molecule has 0 atom stereocenters. The second kappa shape index (κ2) is 6.92. The van der Waals surface area contributed by atoms with Crippen molar-refractivity contribution in [3.05, 3.63) is 83.8 Å². The van der Waals surface area contributed by atoms with Crippen molar-refractivity contribution in [2.75, 3.05) is 0 Å². The highest BCUT2D eigenvalue weighted by atomic mass is 16.3. The third-order valence-electron chi connectivity index (χ3n) is 4.35. The summed E-state index contributed by atoms with van der Waals surface area (Å²) < 4.78 is 1.77. The van der Waals surface area contributed by atoms with E-state index in [1.54, 1.807) is 35.1 Å². The van der Waals surface area contributed by atoms with Gasteiger partial charge in [0.15, 0.2) is 0 Å². The maximum Gasteiger partial charge on any atom is 0.252 e. The SMILES string of the molecule is Cc1cc(C(=O)NCc2ccccc2-n2cccn2)c2cc(O)ccc2n1. The highest BCUT2D eigenvalue weighted by molar-refractivity contribution is 6.06. The number of hydrogen-bond donors (Lipinski definition) is 2. The number of nitrogens with zero attached hydrogens (tertiary/aromatic N) is 3. The number of aromatic nitrogens is 3. The van der Waals surface area contributed by atoms with Gasteiger partial charge >= 0.3 is 0 Å². The summed E-state index contributed by atoms with van der Waals surface area (Å²) in [5.74, 6) is -0.113. The van der Waals surface area contributed by atoms with Gasteiger partial charge in [0.05, 0.1) is 16.8 Å². The Morgan fingerprint density at radius 2 is 2.00 bits per heavy atom. The van der Waals surface area contributed by atoms with Crippen molar-refractivity contribution in [2.45, 2.75) is 13.5 Å².